The van der Waals surface area contributed by atoms with Crippen molar-refractivity contribution >= 4 is 0 Å². The van der Waals surface area contributed by atoms with Crippen molar-refractivity contribution in [3.05, 3.63) is 35.1 Å². The first-order chi connectivity index (χ1) is 8.72. The third-order valence-electron chi connectivity index (χ3n) is 3.52. The van der Waals surface area contributed by atoms with Crippen LogP contribution in [0.2, 0.25) is 0 Å². The Morgan fingerprint density at radius 1 is 1.26 bits per heavy atom. The first-order valence-electron chi connectivity index (χ1n) is 6.04. The van der Waals surface area contributed by atoms with Crippen LogP contribution in [-0.2, 0) is 11.8 Å². The molecule has 2 unspecified atom stereocenters. The molecule has 19 heavy (non-hydrogen) atoms. The van der Waals surface area contributed by atoms with Crippen molar-refractivity contribution in [3.63, 3.8) is 0 Å². The first-order valence-corrected chi connectivity index (χ1v) is 6.04. The van der Waals surface area contributed by atoms with Gasteiger partial charge in [-0.05, 0) is 37.0 Å². The van der Waals surface area contributed by atoms with Gasteiger partial charge < -0.3 is 5.73 Å². The van der Waals surface area contributed by atoms with Gasteiger partial charge in [0.25, 0.3) is 0 Å². The fourth-order valence-corrected chi connectivity index (χ4v) is 2.55. The molecule has 1 aromatic rings. The van der Waals surface area contributed by atoms with Crippen molar-refractivity contribution in [2.24, 2.45) is 5.73 Å². The highest BCUT2D eigenvalue weighted by Gasteiger charge is 2.40. The molecule has 0 saturated heterocycles. The van der Waals surface area contributed by atoms with Crippen LogP contribution in [0.1, 0.15) is 36.8 Å². The van der Waals surface area contributed by atoms with Gasteiger partial charge in [0.2, 0.25) is 0 Å². The van der Waals surface area contributed by atoms with Crippen LogP contribution < -0.4 is 5.73 Å². The summed E-state index contributed by atoms with van der Waals surface area (Å²) in [5, 5.41) is 0. The Kier molecular flexibility index (Phi) is 3.55. The van der Waals surface area contributed by atoms with E-state index in [2.05, 4.69) is 0 Å². The SMILES string of the molecule is NC1CCCC(F)(c2ccc(F)c(C(F)(F)F)c2)C1. The third kappa shape index (κ3) is 2.88. The van der Waals surface area contributed by atoms with Crippen LogP contribution in [-0.4, -0.2) is 6.04 Å². The molecule has 0 spiro atoms. The maximum Gasteiger partial charge on any atom is 0.419 e. The zero-order chi connectivity index (χ0) is 14.3. The van der Waals surface area contributed by atoms with Gasteiger partial charge in [-0.25, -0.2) is 8.78 Å². The highest BCUT2D eigenvalue weighted by atomic mass is 19.4. The van der Waals surface area contributed by atoms with Crippen molar-refractivity contribution < 1.29 is 22.0 Å². The molecule has 2 atom stereocenters. The Labute approximate surface area is 107 Å². The van der Waals surface area contributed by atoms with Crippen molar-refractivity contribution in [1.29, 1.82) is 0 Å². The number of halogens is 5. The summed E-state index contributed by atoms with van der Waals surface area (Å²) >= 11 is 0. The lowest BCUT2D eigenvalue weighted by atomic mass is 9.78. The molecule has 106 valence electrons. The zero-order valence-electron chi connectivity index (χ0n) is 10.1. The summed E-state index contributed by atoms with van der Waals surface area (Å²) in [6, 6.07) is 1.92. The Hall–Kier alpha value is -1.17. The lowest BCUT2D eigenvalue weighted by molar-refractivity contribution is -0.140. The van der Waals surface area contributed by atoms with Crippen LogP contribution in [0.5, 0.6) is 0 Å². The van der Waals surface area contributed by atoms with E-state index in [0.717, 1.165) is 6.07 Å². The predicted molar refractivity (Wildman–Crippen MR) is 60.6 cm³/mol. The van der Waals surface area contributed by atoms with E-state index in [1.165, 1.54) is 0 Å². The smallest absolute Gasteiger partial charge is 0.328 e. The van der Waals surface area contributed by atoms with Crippen LogP contribution >= 0.6 is 0 Å². The van der Waals surface area contributed by atoms with E-state index in [1.54, 1.807) is 0 Å². The van der Waals surface area contributed by atoms with Gasteiger partial charge in [0.1, 0.15) is 11.5 Å². The van der Waals surface area contributed by atoms with Gasteiger partial charge in [-0.15, -0.1) is 0 Å². The summed E-state index contributed by atoms with van der Waals surface area (Å²) in [5.41, 5.74) is 2.20. The molecular weight excluding hydrogens is 265 g/mol. The van der Waals surface area contributed by atoms with Crippen molar-refractivity contribution in [2.75, 3.05) is 0 Å². The summed E-state index contributed by atoms with van der Waals surface area (Å²) in [7, 11) is 0. The molecule has 0 aliphatic heterocycles. The predicted octanol–water partition coefficient (Wildman–Crippen LogP) is 3.91. The molecule has 1 aliphatic carbocycles. The first kappa shape index (κ1) is 14.2. The molecule has 2 N–H and O–H groups in total. The molecule has 6 heteroatoms. The lowest BCUT2D eigenvalue weighted by Crippen LogP contribution is -2.36. The quantitative estimate of drug-likeness (QED) is 0.775. The van der Waals surface area contributed by atoms with Gasteiger partial charge in [-0.3, -0.25) is 0 Å². The maximum absolute atomic E-state index is 14.7. The average molecular weight is 279 g/mol. The van der Waals surface area contributed by atoms with Crippen molar-refractivity contribution in [2.45, 2.75) is 43.6 Å². The Morgan fingerprint density at radius 2 is 1.95 bits per heavy atom. The van der Waals surface area contributed by atoms with Gasteiger partial charge in [0.15, 0.2) is 0 Å². The molecule has 1 saturated carbocycles. The Morgan fingerprint density at radius 3 is 2.53 bits per heavy atom. The van der Waals surface area contributed by atoms with Crippen LogP contribution in [0.15, 0.2) is 18.2 Å². The van der Waals surface area contributed by atoms with Gasteiger partial charge in [-0.1, -0.05) is 6.07 Å². The molecular formula is C13H14F5N. The normalized spacial score (nSPS) is 28.4. The summed E-state index contributed by atoms with van der Waals surface area (Å²) in [4.78, 5) is 0. The van der Waals surface area contributed by atoms with E-state index in [9.17, 15) is 22.0 Å². The number of benzene rings is 1. The average Bonchev–Trinajstić information content (AvgIpc) is 2.27. The Balaban J connectivity index is 2.40. The second-order valence-corrected chi connectivity index (χ2v) is 5.01. The molecule has 0 amide bonds. The Bertz CT molecular complexity index is 471. The summed E-state index contributed by atoms with van der Waals surface area (Å²) in [6.45, 7) is 0. The third-order valence-corrected chi connectivity index (χ3v) is 3.52. The highest BCUT2D eigenvalue weighted by Crippen LogP contribution is 2.42. The van der Waals surface area contributed by atoms with Crippen LogP contribution in [0, 0.1) is 5.82 Å². The molecule has 1 aliphatic rings. The second-order valence-electron chi connectivity index (χ2n) is 5.01. The molecule has 0 radical (unpaired) electrons. The van der Waals surface area contributed by atoms with E-state index < -0.39 is 23.2 Å². The summed E-state index contributed by atoms with van der Waals surface area (Å²) in [6.07, 6.45) is -3.58. The van der Waals surface area contributed by atoms with Gasteiger partial charge in [0, 0.05) is 12.5 Å². The molecule has 0 bridgehead atoms. The van der Waals surface area contributed by atoms with E-state index >= 15 is 0 Å². The van der Waals surface area contributed by atoms with Crippen LogP contribution in [0.4, 0.5) is 22.0 Å². The standard InChI is InChI=1S/C13H14F5N/c14-11-4-3-8(6-10(11)13(16,17)18)12(15)5-1-2-9(19)7-12/h3-4,6,9H,1-2,5,7,19H2. The molecule has 1 nitrogen and oxygen atoms in total. The fraction of sp³-hybridized carbons (Fsp3) is 0.538. The van der Waals surface area contributed by atoms with E-state index in [0.29, 0.717) is 25.0 Å². The number of alkyl halides is 4. The maximum atomic E-state index is 14.7. The van der Waals surface area contributed by atoms with Gasteiger partial charge >= 0.3 is 6.18 Å². The number of rotatable bonds is 1. The van der Waals surface area contributed by atoms with E-state index in [-0.39, 0.29) is 24.4 Å². The molecule has 2 rings (SSSR count). The number of hydrogen-bond acceptors (Lipinski definition) is 1. The van der Waals surface area contributed by atoms with E-state index in [1.807, 2.05) is 0 Å². The zero-order valence-corrected chi connectivity index (χ0v) is 10.1. The minimum atomic E-state index is -4.83. The molecule has 0 heterocycles. The highest BCUT2D eigenvalue weighted by molar-refractivity contribution is 5.32. The van der Waals surface area contributed by atoms with Gasteiger partial charge in [0.05, 0.1) is 5.56 Å². The summed E-state index contributed by atoms with van der Waals surface area (Å²) < 4.78 is 65.7. The van der Waals surface area contributed by atoms with Crippen LogP contribution in [0.25, 0.3) is 0 Å². The van der Waals surface area contributed by atoms with E-state index in [4.69, 9.17) is 5.73 Å². The minimum Gasteiger partial charge on any atom is -0.328 e. The summed E-state index contributed by atoms with van der Waals surface area (Å²) in [5.74, 6) is -1.39. The second kappa shape index (κ2) is 4.74. The van der Waals surface area contributed by atoms with Gasteiger partial charge in [-0.2, -0.15) is 13.2 Å². The number of nitrogens with two attached hydrogens (primary N) is 1. The molecule has 1 aromatic carbocycles. The monoisotopic (exact) mass is 279 g/mol. The van der Waals surface area contributed by atoms with Crippen LogP contribution in [0.3, 0.4) is 0 Å². The minimum absolute atomic E-state index is 0.0318. The fourth-order valence-electron chi connectivity index (χ4n) is 2.55. The topological polar surface area (TPSA) is 26.0 Å². The number of hydrogen-bond donors (Lipinski definition) is 1. The molecule has 0 aromatic heterocycles. The lowest BCUT2D eigenvalue weighted by Gasteiger charge is -2.33. The van der Waals surface area contributed by atoms with Crippen molar-refractivity contribution in [3.8, 4) is 0 Å². The largest absolute Gasteiger partial charge is 0.419 e. The van der Waals surface area contributed by atoms with Crippen molar-refractivity contribution in [1.82, 2.24) is 0 Å². The molecule has 1 fully saturated rings.